The minimum atomic E-state index is -0.832. The Bertz CT molecular complexity index is 137. The molecule has 0 aromatic heterocycles. The van der Waals surface area contributed by atoms with E-state index in [1.54, 1.807) is 7.05 Å². The van der Waals surface area contributed by atoms with Crippen LogP contribution in [0.15, 0.2) is 0 Å². The van der Waals surface area contributed by atoms with Crippen molar-refractivity contribution in [2.24, 2.45) is 5.73 Å². The largest absolute Gasteiger partial charge is 0.480 e. The number of hydrogen-bond acceptors (Lipinski definition) is 4. The summed E-state index contributed by atoms with van der Waals surface area (Å²) in [6, 6.07) is -0.512. The van der Waals surface area contributed by atoms with Crippen molar-refractivity contribution >= 4 is 5.97 Å². The number of rotatable bonds is 7. The Balaban J connectivity index is -0.000000605. The fourth-order valence-electron chi connectivity index (χ4n) is 0.924. The van der Waals surface area contributed by atoms with E-state index in [0.29, 0.717) is 13.0 Å². The first-order chi connectivity index (χ1) is 5.72. The van der Waals surface area contributed by atoms with Gasteiger partial charge in [0.05, 0.1) is 0 Å². The van der Waals surface area contributed by atoms with Crippen LogP contribution in [0.2, 0.25) is 0 Å². The maximum Gasteiger partial charge on any atom is 0.322 e. The van der Waals surface area contributed by atoms with Gasteiger partial charge in [0.1, 0.15) is 6.04 Å². The molecule has 7 heteroatoms. The maximum absolute atomic E-state index is 10.5. The van der Waals surface area contributed by atoms with Gasteiger partial charge in [0, 0.05) is 19.5 Å². The molecule has 0 aliphatic rings. The smallest absolute Gasteiger partial charge is 0.322 e. The number of carboxylic acids is 1. The van der Waals surface area contributed by atoms with E-state index < -0.39 is 12.0 Å². The maximum atomic E-state index is 10.5. The summed E-state index contributed by atoms with van der Waals surface area (Å²) in [5.74, 6) is -0.832. The van der Waals surface area contributed by atoms with E-state index >= 15 is 0 Å². The fourth-order valence-corrected chi connectivity index (χ4v) is 0.924. The third-order valence-electron chi connectivity index (χ3n) is 1.56. The average Bonchev–Trinajstić information content (AvgIpc) is 2.03. The predicted octanol–water partition coefficient (Wildman–Crippen LogP) is -1.53. The van der Waals surface area contributed by atoms with E-state index in [-0.39, 0.29) is 25.0 Å². The topological polar surface area (TPSA) is 119 Å². The molecule has 0 radical (unpaired) electrons. The van der Waals surface area contributed by atoms with Crippen LogP contribution in [0, 0.1) is 0 Å². The van der Waals surface area contributed by atoms with Gasteiger partial charge < -0.3 is 16.3 Å². The van der Waals surface area contributed by atoms with Crippen LogP contribution in [0.4, 0.5) is 0 Å². The summed E-state index contributed by atoms with van der Waals surface area (Å²) in [5, 5.41) is 8.67. The zero-order valence-electron chi connectivity index (χ0n) is 8.55. The van der Waals surface area contributed by atoms with Crippen LogP contribution in [0.5, 0.6) is 0 Å². The molecule has 7 N–H and O–H groups in total. The molecule has 1 atom stereocenters. The first kappa shape index (κ1) is 19.5. The van der Waals surface area contributed by atoms with E-state index in [0.717, 1.165) is 12.8 Å². The first-order valence-electron chi connectivity index (χ1n) is 4.07. The predicted molar refractivity (Wildman–Crippen MR) is 50.1 cm³/mol. The summed E-state index contributed by atoms with van der Waals surface area (Å²) in [6.07, 6.45) is 2.31. The molecule has 0 bridgehead atoms. The molecule has 0 spiro atoms. The molecular formula is C7H19N3O3Zn. The van der Waals surface area contributed by atoms with Crippen molar-refractivity contribution in [2.75, 3.05) is 13.6 Å². The summed E-state index contributed by atoms with van der Waals surface area (Å²) >= 11 is 0. The summed E-state index contributed by atoms with van der Waals surface area (Å²) in [4.78, 5) is 10.5. The van der Waals surface area contributed by atoms with Crippen molar-refractivity contribution in [3.8, 4) is 0 Å². The number of nitrogens with one attached hydrogen (secondary N) is 2. The van der Waals surface area contributed by atoms with E-state index in [1.165, 1.54) is 0 Å². The molecule has 0 aromatic rings. The van der Waals surface area contributed by atoms with Gasteiger partial charge in [0.15, 0.2) is 0 Å². The second-order valence-electron chi connectivity index (χ2n) is 2.57. The summed E-state index contributed by atoms with van der Waals surface area (Å²) in [6.45, 7) is 0.617. The zero-order chi connectivity index (χ0) is 9.40. The van der Waals surface area contributed by atoms with Crippen molar-refractivity contribution in [1.82, 2.24) is 10.9 Å². The quantitative estimate of drug-likeness (QED) is 0.251. The Kier molecular flexibility index (Phi) is 18.0. The molecule has 0 aliphatic carbocycles. The van der Waals surface area contributed by atoms with Crippen LogP contribution in [-0.2, 0) is 24.3 Å². The van der Waals surface area contributed by atoms with E-state index in [4.69, 9.17) is 10.8 Å². The van der Waals surface area contributed by atoms with Gasteiger partial charge in [0.2, 0.25) is 0 Å². The normalized spacial score (nSPS) is 11.0. The summed E-state index contributed by atoms with van der Waals surface area (Å²) < 4.78 is 0. The second-order valence-corrected chi connectivity index (χ2v) is 2.57. The Morgan fingerprint density at radius 3 is 2.43 bits per heavy atom. The fraction of sp³-hybridized carbons (Fsp3) is 0.857. The van der Waals surface area contributed by atoms with Crippen LogP contribution in [0.3, 0.4) is 0 Å². The standard InChI is InChI=1S/C7H17N3O2.H2O.Zn/c1-9-10-6(7(11)12)4-2-3-5-8;;/h6,9-10H,2-5,8H2,1H3,(H,11,12);1H2;/t6-;;/m0../s1. The number of unbranched alkanes of at least 4 members (excludes halogenated alkanes) is 1. The van der Waals surface area contributed by atoms with Gasteiger partial charge in [-0.25, -0.2) is 5.43 Å². The van der Waals surface area contributed by atoms with E-state index in [1.807, 2.05) is 0 Å². The Morgan fingerprint density at radius 1 is 1.50 bits per heavy atom. The van der Waals surface area contributed by atoms with Crippen molar-refractivity contribution in [3.63, 3.8) is 0 Å². The molecule has 0 amide bonds. The Hall–Kier alpha value is -0.0666. The van der Waals surface area contributed by atoms with Crippen molar-refractivity contribution in [3.05, 3.63) is 0 Å². The summed E-state index contributed by atoms with van der Waals surface area (Å²) in [7, 11) is 1.65. The Labute approximate surface area is 96.7 Å². The van der Waals surface area contributed by atoms with Gasteiger partial charge in [-0.05, 0) is 32.9 Å². The number of hydrogen-bond donors (Lipinski definition) is 4. The van der Waals surface area contributed by atoms with Gasteiger partial charge in [-0.3, -0.25) is 10.2 Å². The van der Waals surface area contributed by atoms with Crippen LogP contribution >= 0.6 is 0 Å². The van der Waals surface area contributed by atoms with Crippen molar-refractivity contribution in [1.29, 1.82) is 0 Å². The van der Waals surface area contributed by atoms with Crippen LogP contribution < -0.4 is 16.6 Å². The minimum absolute atomic E-state index is 0. The molecule has 0 fully saturated rings. The van der Waals surface area contributed by atoms with Crippen molar-refractivity contribution in [2.45, 2.75) is 25.3 Å². The molecule has 0 aliphatic heterocycles. The second kappa shape index (κ2) is 12.9. The van der Waals surface area contributed by atoms with Crippen LogP contribution in [-0.4, -0.2) is 36.2 Å². The number of aliphatic carboxylic acids is 1. The molecule has 82 valence electrons. The molecule has 0 unspecified atom stereocenters. The van der Waals surface area contributed by atoms with Crippen LogP contribution in [0.25, 0.3) is 0 Å². The zero-order valence-corrected chi connectivity index (χ0v) is 11.5. The van der Waals surface area contributed by atoms with Gasteiger partial charge in [-0.1, -0.05) is 0 Å². The average molecular weight is 259 g/mol. The molecule has 0 saturated heterocycles. The SMILES string of the molecule is CNN[C@@H](CCCCN)C(=O)O.O.[Zn]. The number of carbonyl (C=O) groups is 1. The third kappa shape index (κ3) is 10.0. The molecule has 0 rings (SSSR count). The van der Waals surface area contributed by atoms with Gasteiger partial charge in [0.25, 0.3) is 0 Å². The van der Waals surface area contributed by atoms with Crippen molar-refractivity contribution < 1.29 is 34.9 Å². The number of nitrogens with two attached hydrogens (primary N) is 1. The van der Waals surface area contributed by atoms with Crippen LogP contribution in [0.1, 0.15) is 19.3 Å². The van der Waals surface area contributed by atoms with Gasteiger partial charge >= 0.3 is 5.97 Å². The minimum Gasteiger partial charge on any atom is -0.480 e. The number of carboxylic acid groups (broad SMARTS) is 1. The molecular weight excluding hydrogens is 239 g/mol. The number of hydrazine groups is 1. The summed E-state index contributed by atoms with van der Waals surface area (Å²) in [5.41, 5.74) is 10.5. The van der Waals surface area contributed by atoms with Gasteiger partial charge in [-0.15, -0.1) is 0 Å². The molecule has 0 heterocycles. The van der Waals surface area contributed by atoms with E-state index in [9.17, 15) is 4.79 Å². The monoisotopic (exact) mass is 257 g/mol. The van der Waals surface area contributed by atoms with Gasteiger partial charge in [-0.2, -0.15) is 0 Å². The molecule has 0 saturated carbocycles. The van der Waals surface area contributed by atoms with E-state index in [2.05, 4.69) is 10.9 Å². The molecule has 0 aromatic carbocycles. The Morgan fingerprint density at radius 2 is 2.07 bits per heavy atom. The molecule has 14 heavy (non-hydrogen) atoms. The molecule has 6 nitrogen and oxygen atoms in total. The third-order valence-corrected chi connectivity index (χ3v) is 1.56. The first-order valence-corrected chi connectivity index (χ1v) is 4.07.